The van der Waals surface area contributed by atoms with Crippen LogP contribution in [0.5, 0.6) is 0 Å². The summed E-state index contributed by atoms with van der Waals surface area (Å²) in [5.74, 6) is -1.000. The first-order valence-corrected chi connectivity index (χ1v) is 10.6. The molecule has 0 N–H and O–H groups in total. The number of aromatic nitrogens is 4. The van der Waals surface area contributed by atoms with Gasteiger partial charge in [-0.25, -0.2) is 9.37 Å². The molecule has 4 aromatic rings. The van der Waals surface area contributed by atoms with E-state index in [0.717, 1.165) is 28.3 Å². The summed E-state index contributed by atoms with van der Waals surface area (Å²) < 4.78 is 58.0. The average Bonchev–Trinajstić information content (AvgIpc) is 3.28. The first-order chi connectivity index (χ1) is 16.6. The molecule has 35 heavy (non-hydrogen) atoms. The van der Waals surface area contributed by atoms with Crippen molar-refractivity contribution in [1.29, 1.82) is 5.26 Å². The van der Waals surface area contributed by atoms with Crippen molar-refractivity contribution in [2.45, 2.75) is 33.0 Å². The fraction of sp³-hybridized carbons (Fsp3) is 0.200. The second-order valence-electron chi connectivity index (χ2n) is 7.89. The third-order valence-corrected chi connectivity index (χ3v) is 5.53. The Morgan fingerprint density at radius 1 is 1.11 bits per heavy atom. The van der Waals surface area contributed by atoms with E-state index < -0.39 is 34.5 Å². The molecule has 0 amide bonds. The minimum Gasteiger partial charge on any atom is -0.273 e. The van der Waals surface area contributed by atoms with Crippen molar-refractivity contribution in [3.05, 3.63) is 99.0 Å². The zero-order valence-corrected chi connectivity index (χ0v) is 18.8. The predicted octanol–water partition coefficient (Wildman–Crippen LogP) is 5.04. The summed E-state index contributed by atoms with van der Waals surface area (Å²) in [6.45, 7) is 4.10. The Morgan fingerprint density at radius 2 is 1.83 bits per heavy atom. The van der Waals surface area contributed by atoms with Gasteiger partial charge in [0.1, 0.15) is 17.4 Å². The van der Waals surface area contributed by atoms with E-state index in [1.54, 1.807) is 42.2 Å². The number of hydrogen-bond acceptors (Lipinski definition) is 4. The van der Waals surface area contributed by atoms with Crippen LogP contribution < -0.4 is 5.56 Å². The maximum Gasteiger partial charge on any atom is 0.417 e. The second kappa shape index (κ2) is 9.18. The zero-order valence-electron chi connectivity index (χ0n) is 18.8. The van der Waals surface area contributed by atoms with Gasteiger partial charge in [-0.2, -0.15) is 23.5 Å². The molecule has 6 nitrogen and oxygen atoms in total. The quantitative estimate of drug-likeness (QED) is 0.374. The van der Waals surface area contributed by atoms with Crippen LogP contribution in [-0.2, 0) is 19.1 Å². The third-order valence-electron chi connectivity index (χ3n) is 5.53. The fourth-order valence-corrected chi connectivity index (χ4v) is 3.75. The molecule has 0 aliphatic carbocycles. The highest BCUT2D eigenvalue weighted by molar-refractivity contribution is 5.65. The highest BCUT2D eigenvalue weighted by Gasteiger charge is 2.36. The molecule has 0 aliphatic rings. The van der Waals surface area contributed by atoms with Crippen molar-refractivity contribution < 1.29 is 17.6 Å². The second-order valence-corrected chi connectivity index (χ2v) is 7.89. The number of nitriles is 1. The number of alkyl halides is 3. The maximum absolute atomic E-state index is 14.0. The predicted molar refractivity (Wildman–Crippen MR) is 120 cm³/mol. The van der Waals surface area contributed by atoms with E-state index in [1.807, 2.05) is 6.92 Å². The SMILES string of the molecule is CCn1cc(Cc2ccc(C)n(-c3nc(-c4ccc(F)cc4)cc(C(F)(F)F)c3C#N)c2=O)cn1. The van der Waals surface area contributed by atoms with Gasteiger partial charge >= 0.3 is 6.18 Å². The van der Waals surface area contributed by atoms with Crippen LogP contribution in [-0.4, -0.2) is 19.3 Å². The van der Waals surface area contributed by atoms with Gasteiger partial charge in [0.05, 0.1) is 17.5 Å². The van der Waals surface area contributed by atoms with Crippen molar-refractivity contribution in [2.75, 3.05) is 0 Å². The van der Waals surface area contributed by atoms with Gasteiger partial charge in [0.15, 0.2) is 5.82 Å². The van der Waals surface area contributed by atoms with E-state index in [4.69, 9.17) is 0 Å². The summed E-state index contributed by atoms with van der Waals surface area (Å²) in [6.07, 6.45) is -1.30. The lowest BCUT2D eigenvalue weighted by Gasteiger charge is -2.18. The Bertz CT molecular complexity index is 1490. The van der Waals surface area contributed by atoms with Gasteiger partial charge in [0.2, 0.25) is 0 Å². The monoisotopic (exact) mass is 481 g/mol. The number of benzene rings is 1. The van der Waals surface area contributed by atoms with Crippen LogP contribution in [0.4, 0.5) is 17.6 Å². The molecule has 1 aromatic carbocycles. The topological polar surface area (TPSA) is 76.5 Å². The van der Waals surface area contributed by atoms with Crippen molar-refractivity contribution in [2.24, 2.45) is 0 Å². The normalized spacial score (nSPS) is 11.5. The van der Waals surface area contributed by atoms with E-state index in [-0.39, 0.29) is 17.7 Å². The summed E-state index contributed by atoms with van der Waals surface area (Å²) in [7, 11) is 0. The van der Waals surface area contributed by atoms with E-state index in [9.17, 15) is 27.6 Å². The van der Waals surface area contributed by atoms with Crippen LogP contribution in [0.2, 0.25) is 0 Å². The van der Waals surface area contributed by atoms with Gasteiger partial charge in [-0.3, -0.25) is 14.0 Å². The van der Waals surface area contributed by atoms with Gasteiger partial charge in [-0.15, -0.1) is 0 Å². The molecule has 3 aromatic heterocycles. The smallest absolute Gasteiger partial charge is 0.273 e. The molecule has 0 unspecified atom stereocenters. The molecule has 10 heteroatoms. The van der Waals surface area contributed by atoms with Crippen molar-refractivity contribution >= 4 is 0 Å². The molecular formula is C25H19F4N5O. The molecule has 4 rings (SSSR count). The lowest BCUT2D eigenvalue weighted by Crippen LogP contribution is -2.27. The first-order valence-electron chi connectivity index (χ1n) is 10.6. The zero-order chi connectivity index (χ0) is 25.3. The highest BCUT2D eigenvalue weighted by atomic mass is 19.4. The van der Waals surface area contributed by atoms with E-state index in [2.05, 4.69) is 10.1 Å². The number of hydrogen-bond donors (Lipinski definition) is 0. The molecule has 0 spiro atoms. The Hall–Kier alpha value is -4.26. The average molecular weight is 481 g/mol. The van der Waals surface area contributed by atoms with Gasteiger partial charge in [0, 0.05) is 36.0 Å². The van der Waals surface area contributed by atoms with Crippen LogP contribution >= 0.6 is 0 Å². The summed E-state index contributed by atoms with van der Waals surface area (Å²) in [6, 6.07) is 10.2. The van der Waals surface area contributed by atoms with Crippen LogP contribution in [0.25, 0.3) is 17.1 Å². The lowest BCUT2D eigenvalue weighted by atomic mass is 10.0. The molecule has 0 fully saturated rings. The van der Waals surface area contributed by atoms with Gasteiger partial charge in [-0.1, -0.05) is 6.07 Å². The lowest BCUT2D eigenvalue weighted by molar-refractivity contribution is -0.137. The number of rotatable bonds is 5. The largest absolute Gasteiger partial charge is 0.417 e. The standard InChI is InChI=1S/C25H19F4N5O/c1-3-33-14-16(13-31-33)10-18-5-4-15(2)34(24(18)35)23-20(12-30)21(25(27,28)29)11-22(32-23)17-6-8-19(26)9-7-17/h4-9,11,13-14H,3,10H2,1-2H3. The van der Waals surface area contributed by atoms with Gasteiger partial charge in [-0.05, 0) is 55.8 Å². The molecule has 3 heterocycles. The van der Waals surface area contributed by atoms with Crippen molar-refractivity contribution in [1.82, 2.24) is 19.3 Å². The fourth-order valence-electron chi connectivity index (χ4n) is 3.75. The first kappa shape index (κ1) is 23.9. The number of halogens is 4. The molecule has 0 bridgehead atoms. The van der Waals surface area contributed by atoms with Gasteiger partial charge < -0.3 is 0 Å². The minimum absolute atomic E-state index is 0.146. The molecule has 0 atom stereocenters. The van der Waals surface area contributed by atoms with E-state index >= 15 is 0 Å². The van der Waals surface area contributed by atoms with E-state index in [0.29, 0.717) is 17.8 Å². The Kier molecular flexibility index (Phi) is 6.26. The van der Waals surface area contributed by atoms with Crippen LogP contribution in [0.15, 0.2) is 59.7 Å². The number of pyridine rings is 2. The van der Waals surface area contributed by atoms with Gasteiger partial charge in [0.25, 0.3) is 5.56 Å². The molecule has 0 radical (unpaired) electrons. The highest BCUT2D eigenvalue weighted by Crippen LogP contribution is 2.36. The summed E-state index contributed by atoms with van der Waals surface area (Å²) in [5, 5.41) is 13.8. The Labute approximate surface area is 197 Å². The van der Waals surface area contributed by atoms with Crippen LogP contribution in [0.1, 0.15) is 34.9 Å². The summed E-state index contributed by atoms with van der Waals surface area (Å²) >= 11 is 0. The molecule has 178 valence electrons. The number of nitrogens with zero attached hydrogens (tertiary/aromatic N) is 5. The summed E-state index contributed by atoms with van der Waals surface area (Å²) in [5.41, 5.74) is -1.18. The Balaban J connectivity index is 1.96. The van der Waals surface area contributed by atoms with Crippen LogP contribution in [0.3, 0.4) is 0 Å². The van der Waals surface area contributed by atoms with Crippen LogP contribution in [0, 0.1) is 24.1 Å². The summed E-state index contributed by atoms with van der Waals surface area (Å²) in [4.78, 5) is 17.7. The Morgan fingerprint density at radius 3 is 2.43 bits per heavy atom. The molecule has 0 saturated heterocycles. The number of aryl methyl sites for hydroxylation is 2. The molecule has 0 saturated carbocycles. The van der Waals surface area contributed by atoms with E-state index in [1.165, 1.54) is 12.1 Å². The maximum atomic E-state index is 14.0. The molecule has 0 aliphatic heterocycles. The minimum atomic E-state index is -4.89. The third kappa shape index (κ3) is 4.71. The van der Waals surface area contributed by atoms with Crippen molar-refractivity contribution in [3.8, 4) is 23.1 Å². The van der Waals surface area contributed by atoms with Crippen molar-refractivity contribution in [3.63, 3.8) is 0 Å². The molecular weight excluding hydrogens is 462 g/mol.